The molecule has 0 amide bonds. The predicted octanol–water partition coefficient (Wildman–Crippen LogP) is 4.18. The fourth-order valence-electron chi connectivity index (χ4n) is 1.23. The van der Waals surface area contributed by atoms with E-state index >= 15 is 0 Å². The SMILES string of the molecule is CCOC(=O)/C=C(\C)c1cc(Br)cc(Br)c1. The van der Waals surface area contributed by atoms with Crippen molar-refractivity contribution in [3.8, 4) is 0 Å². The Bertz CT molecular complexity index is 405. The zero-order valence-electron chi connectivity index (χ0n) is 9.09. The monoisotopic (exact) mass is 346 g/mol. The molecule has 86 valence electrons. The largest absolute Gasteiger partial charge is 0.463 e. The Morgan fingerprint density at radius 3 is 2.38 bits per heavy atom. The second-order valence-electron chi connectivity index (χ2n) is 3.24. The molecule has 1 rings (SSSR count). The lowest BCUT2D eigenvalue weighted by atomic mass is 10.1. The summed E-state index contributed by atoms with van der Waals surface area (Å²) in [6.45, 7) is 4.06. The van der Waals surface area contributed by atoms with E-state index in [9.17, 15) is 4.79 Å². The highest BCUT2D eigenvalue weighted by molar-refractivity contribution is 9.11. The molecular formula is C12H12Br2O2. The van der Waals surface area contributed by atoms with Gasteiger partial charge in [-0.1, -0.05) is 31.9 Å². The van der Waals surface area contributed by atoms with E-state index in [0.29, 0.717) is 6.61 Å². The second-order valence-corrected chi connectivity index (χ2v) is 5.07. The molecule has 1 aromatic rings. The Labute approximate surface area is 112 Å². The Kier molecular flexibility index (Phi) is 5.22. The first-order valence-electron chi connectivity index (χ1n) is 4.84. The molecule has 0 bridgehead atoms. The fourth-order valence-corrected chi connectivity index (χ4v) is 2.52. The van der Waals surface area contributed by atoms with Gasteiger partial charge in [-0.2, -0.15) is 0 Å². The number of rotatable bonds is 3. The van der Waals surface area contributed by atoms with Gasteiger partial charge in [0.15, 0.2) is 0 Å². The lowest BCUT2D eigenvalue weighted by Gasteiger charge is -2.04. The molecule has 0 saturated carbocycles. The molecule has 0 radical (unpaired) electrons. The molecule has 0 aliphatic heterocycles. The van der Waals surface area contributed by atoms with Crippen LogP contribution in [0.5, 0.6) is 0 Å². The van der Waals surface area contributed by atoms with Gasteiger partial charge in [-0.05, 0) is 43.2 Å². The normalized spacial score (nSPS) is 11.4. The summed E-state index contributed by atoms with van der Waals surface area (Å²) >= 11 is 6.81. The van der Waals surface area contributed by atoms with Crippen LogP contribution >= 0.6 is 31.9 Å². The third kappa shape index (κ3) is 4.10. The molecule has 0 fully saturated rings. The van der Waals surface area contributed by atoms with Gasteiger partial charge in [0.1, 0.15) is 0 Å². The third-order valence-corrected chi connectivity index (χ3v) is 2.85. The predicted molar refractivity (Wildman–Crippen MR) is 72.1 cm³/mol. The van der Waals surface area contributed by atoms with Crippen LogP contribution < -0.4 is 0 Å². The summed E-state index contributed by atoms with van der Waals surface area (Å²) in [6, 6.07) is 5.85. The number of benzene rings is 1. The molecular weight excluding hydrogens is 336 g/mol. The molecule has 0 saturated heterocycles. The summed E-state index contributed by atoms with van der Waals surface area (Å²) in [6.07, 6.45) is 1.50. The Balaban J connectivity index is 2.95. The summed E-state index contributed by atoms with van der Waals surface area (Å²) in [5.41, 5.74) is 1.86. The van der Waals surface area contributed by atoms with Gasteiger partial charge in [0.25, 0.3) is 0 Å². The molecule has 4 heteroatoms. The van der Waals surface area contributed by atoms with E-state index < -0.39 is 0 Å². The van der Waals surface area contributed by atoms with Gasteiger partial charge < -0.3 is 4.74 Å². The van der Waals surface area contributed by atoms with Gasteiger partial charge in [0.05, 0.1) is 6.61 Å². The quantitative estimate of drug-likeness (QED) is 0.605. The molecule has 0 heterocycles. The number of carbonyl (C=O) groups excluding carboxylic acids is 1. The van der Waals surface area contributed by atoms with E-state index in [1.54, 1.807) is 6.92 Å². The van der Waals surface area contributed by atoms with Crippen molar-refractivity contribution in [1.82, 2.24) is 0 Å². The summed E-state index contributed by atoms with van der Waals surface area (Å²) in [7, 11) is 0. The lowest BCUT2D eigenvalue weighted by molar-refractivity contribution is -0.137. The Morgan fingerprint density at radius 2 is 1.88 bits per heavy atom. The first-order valence-corrected chi connectivity index (χ1v) is 6.43. The van der Waals surface area contributed by atoms with E-state index in [2.05, 4.69) is 31.9 Å². The lowest BCUT2D eigenvalue weighted by Crippen LogP contribution is -2.00. The van der Waals surface area contributed by atoms with Crippen LogP contribution in [0.2, 0.25) is 0 Å². The molecule has 0 unspecified atom stereocenters. The third-order valence-electron chi connectivity index (χ3n) is 1.94. The van der Waals surface area contributed by atoms with Gasteiger partial charge >= 0.3 is 5.97 Å². The van der Waals surface area contributed by atoms with E-state index in [1.165, 1.54) is 6.08 Å². The maximum atomic E-state index is 11.3. The van der Waals surface area contributed by atoms with Crippen molar-refractivity contribution in [3.05, 3.63) is 38.8 Å². The van der Waals surface area contributed by atoms with Gasteiger partial charge in [-0.25, -0.2) is 4.79 Å². The number of carbonyl (C=O) groups is 1. The topological polar surface area (TPSA) is 26.3 Å². The second kappa shape index (κ2) is 6.21. The highest BCUT2D eigenvalue weighted by Crippen LogP contribution is 2.24. The van der Waals surface area contributed by atoms with Gasteiger partial charge in [-0.3, -0.25) is 0 Å². The van der Waals surface area contributed by atoms with Crippen LogP contribution in [0.25, 0.3) is 5.57 Å². The van der Waals surface area contributed by atoms with Gasteiger partial charge in [0.2, 0.25) is 0 Å². The van der Waals surface area contributed by atoms with E-state index in [4.69, 9.17) is 4.74 Å². The molecule has 0 aliphatic rings. The Morgan fingerprint density at radius 1 is 1.31 bits per heavy atom. The molecule has 0 N–H and O–H groups in total. The first kappa shape index (κ1) is 13.5. The fraction of sp³-hybridized carbons (Fsp3) is 0.250. The van der Waals surface area contributed by atoms with E-state index in [1.807, 2.05) is 25.1 Å². The number of esters is 1. The van der Waals surface area contributed by atoms with Gasteiger partial charge in [-0.15, -0.1) is 0 Å². The molecule has 0 aliphatic carbocycles. The maximum absolute atomic E-state index is 11.3. The zero-order valence-corrected chi connectivity index (χ0v) is 12.3. The molecule has 1 aromatic carbocycles. The van der Waals surface area contributed by atoms with Crippen LogP contribution in [0.15, 0.2) is 33.2 Å². The van der Waals surface area contributed by atoms with Crippen molar-refractivity contribution in [3.63, 3.8) is 0 Å². The minimum Gasteiger partial charge on any atom is -0.463 e. The minimum absolute atomic E-state index is 0.309. The van der Waals surface area contributed by atoms with Crippen LogP contribution in [0, 0.1) is 0 Å². The van der Waals surface area contributed by atoms with Crippen molar-refractivity contribution in [1.29, 1.82) is 0 Å². The van der Waals surface area contributed by atoms with Gasteiger partial charge in [0, 0.05) is 15.0 Å². The van der Waals surface area contributed by atoms with Crippen LogP contribution in [-0.2, 0) is 9.53 Å². The van der Waals surface area contributed by atoms with Crippen molar-refractivity contribution in [2.45, 2.75) is 13.8 Å². The summed E-state index contributed by atoms with van der Waals surface area (Å²) in [5.74, 6) is -0.309. The zero-order chi connectivity index (χ0) is 12.1. The summed E-state index contributed by atoms with van der Waals surface area (Å²) in [5, 5.41) is 0. The van der Waals surface area contributed by atoms with Crippen molar-refractivity contribution in [2.75, 3.05) is 6.61 Å². The Hall–Kier alpha value is -0.610. The van der Waals surface area contributed by atoms with Crippen molar-refractivity contribution >= 4 is 43.4 Å². The minimum atomic E-state index is -0.309. The van der Waals surface area contributed by atoms with Crippen LogP contribution in [0.1, 0.15) is 19.4 Å². The number of halogens is 2. The molecule has 2 nitrogen and oxygen atoms in total. The average molecular weight is 348 g/mol. The molecule has 0 atom stereocenters. The van der Waals surface area contributed by atoms with Crippen molar-refractivity contribution in [2.24, 2.45) is 0 Å². The van der Waals surface area contributed by atoms with Crippen molar-refractivity contribution < 1.29 is 9.53 Å². The molecule has 0 aromatic heterocycles. The average Bonchev–Trinajstić information content (AvgIpc) is 2.16. The number of hydrogen-bond donors (Lipinski definition) is 0. The summed E-state index contributed by atoms with van der Waals surface area (Å²) < 4.78 is 6.79. The number of ether oxygens (including phenoxy) is 1. The highest BCUT2D eigenvalue weighted by atomic mass is 79.9. The molecule has 16 heavy (non-hydrogen) atoms. The smallest absolute Gasteiger partial charge is 0.331 e. The van der Waals surface area contributed by atoms with Crippen LogP contribution in [0.3, 0.4) is 0 Å². The maximum Gasteiger partial charge on any atom is 0.331 e. The highest BCUT2D eigenvalue weighted by Gasteiger charge is 2.03. The van der Waals surface area contributed by atoms with E-state index in [0.717, 1.165) is 20.1 Å². The summed E-state index contributed by atoms with van der Waals surface area (Å²) in [4.78, 5) is 11.3. The number of hydrogen-bond acceptors (Lipinski definition) is 2. The van der Waals surface area contributed by atoms with Crippen LogP contribution in [0.4, 0.5) is 0 Å². The van der Waals surface area contributed by atoms with E-state index in [-0.39, 0.29) is 5.97 Å². The standard InChI is InChI=1S/C12H12Br2O2/c1-3-16-12(15)4-8(2)9-5-10(13)7-11(14)6-9/h4-7H,3H2,1-2H3/b8-4+. The van der Waals surface area contributed by atoms with Crippen LogP contribution in [-0.4, -0.2) is 12.6 Å². The molecule has 0 spiro atoms. The first-order chi connectivity index (χ1) is 7.52. The number of allylic oxidation sites excluding steroid dienone is 1.